The zero-order chi connectivity index (χ0) is 17.5. The van der Waals surface area contributed by atoms with Gasteiger partial charge in [0.2, 0.25) is 5.91 Å². The smallest absolute Gasteiger partial charge is 0.308 e. The average Bonchev–Trinajstić information content (AvgIpc) is 2.58. The van der Waals surface area contributed by atoms with Gasteiger partial charge in [0.05, 0.1) is 5.92 Å². The van der Waals surface area contributed by atoms with Crippen molar-refractivity contribution in [2.24, 2.45) is 5.92 Å². The van der Waals surface area contributed by atoms with Crippen molar-refractivity contribution in [2.45, 2.75) is 13.3 Å². The van der Waals surface area contributed by atoms with E-state index in [2.05, 4.69) is 10.6 Å². The molecule has 2 aromatic carbocycles. The summed E-state index contributed by atoms with van der Waals surface area (Å²) >= 11 is 0. The second-order valence-corrected chi connectivity index (χ2v) is 5.61. The molecular weight excluding hydrogens is 308 g/mol. The van der Waals surface area contributed by atoms with Crippen molar-refractivity contribution in [2.75, 3.05) is 13.1 Å². The Morgan fingerprint density at radius 1 is 1.04 bits per heavy atom. The summed E-state index contributed by atoms with van der Waals surface area (Å²) in [6.45, 7) is 1.79. The first kappa shape index (κ1) is 17.5. The lowest BCUT2D eigenvalue weighted by molar-refractivity contribution is -0.141. The maximum absolute atomic E-state index is 12.1. The second kappa shape index (κ2) is 8.10. The summed E-state index contributed by atoms with van der Waals surface area (Å²) in [6, 6.07) is 13.2. The molecule has 0 bridgehead atoms. The molecule has 1 atom stereocenters. The minimum Gasteiger partial charge on any atom is -0.481 e. The van der Waals surface area contributed by atoms with Crippen LogP contribution in [0.2, 0.25) is 0 Å². The molecule has 0 fully saturated rings. The van der Waals surface area contributed by atoms with Crippen molar-refractivity contribution >= 4 is 28.6 Å². The molecule has 0 saturated carbocycles. The molecule has 1 unspecified atom stereocenters. The number of benzene rings is 2. The van der Waals surface area contributed by atoms with E-state index in [0.717, 1.165) is 10.8 Å². The standard InChI is InChI=1S/C18H20N2O4/c1-12(18(23)24)11-20-16(21)8-9-19-17(22)15-7-6-13-4-2-3-5-14(13)10-15/h2-7,10,12H,8-9,11H2,1H3,(H,19,22)(H,20,21)(H,23,24). The Kier molecular flexibility index (Phi) is 5.89. The van der Waals surface area contributed by atoms with Crippen molar-refractivity contribution in [3.8, 4) is 0 Å². The van der Waals surface area contributed by atoms with Gasteiger partial charge in [0.1, 0.15) is 0 Å². The largest absolute Gasteiger partial charge is 0.481 e. The van der Waals surface area contributed by atoms with Gasteiger partial charge < -0.3 is 15.7 Å². The van der Waals surface area contributed by atoms with Crippen LogP contribution in [-0.4, -0.2) is 36.0 Å². The zero-order valence-electron chi connectivity index (χ0n) is 13.4. The number of amides is 2. The van der Waals surface area contributed by atoms with Crippen LogP contribution in [0.25, 0.3) is 10.8 Å². The molecule has 24 heavy (non-hydrogen) atoms. The lowest BCUT2D eigenvalue weighted by Gasteiger charge is -2.09. The lowest BCUT2D eigenvalue weighted by atomic mass is 10.1. The van der Waals surface area contributed by atoms with E-state index in [1.807, 2.05) is 30.3 Å². The number of aliphatic carboxylic acids is 1. The van der Waals surface area contributed by atoms with Crippen LogP contribution in [0.3, 0.4) is 0 Å². The minimum absolute atomic E-state index is 0.0762. The number of hydrogen-bond acceptors (Lipinski definition) is 3. The van der Waals surface area contributed by atoms with Crippen LogP contribution in [0.5, 0.6) is 0 Å². The molecule has 0 aliphatic rings. The third-order valence-electron chi connectivity index (χ3n) is 3.68. The Bertz CT molecular complexity index is 758. The highest BCUT2D eigenvalue weighted by atomic mass is 16.4. The first-order valence-electron chi connectivity index (χ1n) is 7.74. The summed E-state index contributed by atoms with van der Waals surface area (Å²) < 4.78 is 0. The van der Waals surface area contributed by atoms with Gasteiger partial charge in [0.15, 0.2) is 0 Å². The predicted molar refractivity (Wildman–Crippen MR) is 90.7 cm³/mol. The van der Waals surface area contributed by atoms with Crippen molar-refractivity contribution in [1.82, 2.24) is 10.6 Å². The summed E-state index contributed by atoms with van der Waals surface area (Å²) in [4.78, 5) is 34.4. The van der Waals surface area contributed by atoms with Gasteiger partial charge in [-0.15, -0.1) is 0 Å². The van der Waals surface area contributed by atoms with Crippen LogP contribution in [-0.2, 0) is 9.59 Å². The zero-order valence-corrected chi connectivity index (χ0v) is 13.4. The van der Waals surface area contributed by atoms with Crippen molar-refractivity contribution < 1.29 is 19.5 Å². The third kappa shape index (κ3) is 4.81. The SMILES string of the molecule is CC(CNC(=O)CCNC(=O)c1ccc2ccccc2c1)C(=O)O. The van der Waals surface area contributed by atoms with E-state index in [-0.39, 0.29) is 31.3 Å². The van der Waals surface area contributed by atoms with E-state index in [1.165, 1.54) is 6.92 Å². The maximum Gasteiger partial charge on any atom is 0.308 e. The number of carbonyl (C=O) groups excluding carboxylic acids is 2. The van der Waals surface area contributed by atoms with E-state index in [4.69, 9.17) is 5.11 Å². The Balaban J connectivity index is 1.80. The molecule has 2 amide bonds. The van der Waals surface area contributed by atoms with Gasteiger partial charge in [-0.2, -0.15) is 0 Å². The van der Waals surface area contributed by atoms with Crippen LogP contribution < -0.4 is 10.6 Å². The molecule has 6 nitrogen and oxygen atoms in total. The molecule has 0 spiro atoms. The molecule has 0 radical (unpaired) electrons. The molecule has 6 heteroatoms. The number of carboxylic acid groups (broad SMARTS) is 1. The summed E-state index contributed by atoms with van der Waals surface area (Å²) in [5, 5.41) is 16.0. The van der Waals surface area contributed by atoms with Crippen LogP contribution in [0.15, 0.2) is 42.5 Å². The minimum atomic E-state index is -0.958. The normalized spacial score (nSPS) is 11.7. The van der Waals surface area contributed by atoms with Gasteiger partial charge in [-0.1, -0.05) is 37.3 Å². The van der Waals surface area contributed by atoms with Crippen molar-refractivity contribution in [3.63, 3.8) is 0 Å². The van der Waals surface area contributed by atoms with E-state index < -0.39 is 11.9 Å². The third-order valence-corrected chi connectivity index (χ3v) is 3.68. The summed E-state index contributed by atoms with van der Waals surface area (Å²) in [5.74, 6) is -2.13. The molecule has 2 rings (SSSR count). The highest BCUT2D eigenvalue weighted by molar-refractivity contribution is 5.98. The van der Waals surface area contributed by atoms with Crippen LogP contribution in [0.1, 0.15) is 23.7 Å². The molecule has 0 saturated heterocycles. The van der Waals surface area contributed by atoms with E-state index in [0.29, 0.717) is 5.56 Å². The molecule has 3 N–H and O–H groups in total. The van der Waals surface area contributed by atoms with E-state index >= 15 is 0 Å². The van der Waals surface area contributed by atoms with Crippen molar-refractivity contribution in [3.05, 3.63) is 48.0 Å². The Hall–Kier alpha value is -2.89. The van der Waals surface area contributed by atoms with Gasteiger partial charge in [0, 0.05) is 25.1 Å². The van der Waals surface area contributed by atoms with Gasteiger partial charge in [-0.05, 0) is 22.9 Å². The first-order valence-corrected chi connectivity index (χ1v) is 7.74. The van der Waals surface area contributed by atoms with Gasteiger partial charge in [-0.3, -0.25) is 14.4 Å². The molecule has 0 aliphatic heterocycles. The van der Waals surface area contributed by atoms with E-state index in [1.54, 1.807) is 12.1 Å². The summed E-state index contributed by atoms with van der Waals surface area (Å²) in [5.41, 5.74) is 0.536. The van der Waals surface area contributed by atoms with Crippen LogP contribution in [0, 0.1) is 5.92 Å². The van der Waals surface area contributed by atoms with E-state index in [9.17, 15) is 14.4 Å². The highest BCUT2D eigenvalue weighted by Gasteiger charge is 2.12. The van der Waals surface area contributed by atoms with Crippen LogP contribution >= 0.6 is 0 Å². The topological polar surface area (TPSA) is 95.5 Å². The van der Waals surface area contributed by atoms with Gasteiger partial charge in [-0.25, -0.2) is 0 Å². The molecule has 0 heterocycles. The second-order valence-electron chi connectivity index (χ2n) is 5.61. The number of carboxylic acids is 1. The molecule has 0 aliphatic carbocycles. The van der Waals surface area contributed by atoms with Gasteiger partial charge in [0.25, 0.3) is 5.91 Å². The number of carbonyl (C=O) groups is 3. The van der Waals surface area contributed by atoms with Crippen molar-refractivity contribution in [1.29, 1.82) is 0 Å². The number of fused-ring (bicyclic) bond motifs is 1. The first-order chi connectivity index (χ1) is 11.5. The molecule has 126 valence electrons. The fraction of sp³-hybridized carbons (Fsp3) is 0.278. The lowest BCUT2D eigenvalue weighted by Crippen LogP contribution is -2.34. The molecule has 2 aromatic rings. The van der Waals surface area contributed by atoms with Crippen LogP contribution in [0.4, 0.5) is 0 Å². The number of rotatable bonds is 7. The summed E-state index contributed by atoms with van der Waals surface area (Å²) in [7, 11) is 0. The predicted octanol–water partition coefficient (Wildman–Crippen LogP) is 1.80. The number of nitrogens with one attached hydrogen (secondary N) is 2. The Morgan fingerprint density at radius 2 is 1.75 bits per heavy atom. The molecular formula is C18H20N2O4. The summed E-state index contributed by atoms with van der Waals surface area (Å²) in [6.07, 6.45) is 0.103. The number of hydrogen-bond donors (Lipinski definition) is 3. The monoisotopic (exact) mass is 328 g/mol. The van der Waals surface area contributed by atoms with Gasteiger partial charge >= 0.3 is 5.97 Å². The average molecular weight is 328 g/mol. The fourth-order valence-corrected chi connectivity index (χ4v) is 2.16. The Labute approximate surface area is 139 Å². The molecule has 0 aromatic heterocycles. The maximum atomic E-state index is 12.1. The highest BCUT2D eigenvalue weighted by Crippen LogP contribution is 2.15. The fourth-order valence-electron chi connectivity index (χ4n) is 2.16. The Morgan fingerprint density at radius 3 is 2.46 bits per heavy atom. The quantitative estimate of drug-likeness (QED) is 0.722.